The second-order valence-corrected chi connectivity index (χ2v) is 5.05. The molecule has 1 aromatic heterocycles. The number of rotatable bonds is 2. The van der Waals surface area contributed by atoms with Gasteiger partial charge < -0.3 is 0 Å². The van der Waals surface area contributed by atoms with Crippen LogP contribution in [0, 0.1) is 0 Å². The molecule has 84 valence electrons. The van der Waals surface area contributed by atoms with E-state index in [-0.39, 0.29) is 5.92 Å². The summed E-state index contributed by atoms with van der Waals surface area (Å²) in [5.41, 5.74) is 0.974. The summed E-state index contributed by atoms with van der Waals surface area (Å²) in [6.07, 6.45) is 0. The monoisotopic (exact) mass is 299 g/mol. The fourth-order valence-corrected chi connectivity index (χ4v) is 1.97. The van der Waals surface area contributed by atoms with Crippen LogP contribution < -0.4 is 0 Å². The summed E-state index contributed by atoms with van der Waals surface area (Å²) in [5, 5.41) is 8.38. The highest BCUT2D eigenvalue weighted by Gasteiger charge is 2.14. The van der Waals surface area contributed by atoms with E-state index in [1.807, 2.05) is 28.8 Å². The molecule has 16 heavy (non-hydrogen) atoms. The highest BCUT2D eigenvalue weighted by atomic mass is 79.9. The van der Waals surface area contributed by atoms with Gasteiger partial charge in [-0.2, -0.15) is 0 Å². The molecule has 0 saturated heterocycles. The predicted octanol–water partition coefficient (Wildman–Crippen LogP) is 3.81. The quantitative estimate of drug-likeness (QED) is 0.844. The topological polar surface area (TPSA) is 30.7 Å². The second-order valence-electron chi connectivity index (χ2n) is 3.79. The van der Waals surface area contributed by atoms with E-state index in [1.165, 1.54) is 0 Å². The molecule has 0 fully saturated rings. The fraction of sp³-hybridized carbons (Fsp3) is 0.273. The molecule has 0 amide bonds. The molecular weight excluding hydrogens is 289 g/mol. The first kappa shape index (κ1) is 11.6. The minimum atomic E-state index is 0.281. The van der Waals surface area contributed by atoms with Crippen molar-refractivity contribution >= 4 is 27.5 Å². The summed E-state index contributed by atoms with van der Waals surface area (Å²) in [6.45, 7) is 4.13. The van der Waals surface area contributed by atoms with Crippen molar-refractivity contribution in [1.82, 2.24) is 14.8 Å². The van der Waals surface area contributed by atoms with Crippen LogP contribution in [0.5, 0.6) is 0 Å². The van der Waals surface area contributed by atoms with Crippen LogP contribution >= 0.6 is 27.5 Å². The van der Waals surface area contributed by atoms with Gasteiger partial charge in [0.05, 0.1) is 0 Å². The number of hydrogen-bond acceptors (Lipinski definition) is 2. The number of nitrogens with zero attached hydrogens (tertiary/aromatic N) is 3. The Morgan fingerprint density at radius 1 is 1.19 bits per heavy atom. The van der Waals surface area contributed by atoms with E-state index in [1.54, 1.807) is 0 Å². The summed E-state index contributed by atoms with van der Waals surface area (Å²) in [4.78, 5) is 0. The van der Waals surface area contributed by atoms with E-state index < -0.39 is 0 Å². The predicted molar refractivity (Wildman–Crippen MR) is 68.2 cm³/mol. The Labute approximate surface area is 108 Å². The molecule has 2 rings (SSSR count). The first-order chi connectivity index (χ1) is 7.59. The Balaban J connectivity index is 2.54. The first-order valence-corrected chi connectivity index (χ1v) is 6.13. The molecule has 0 unspecified atom stereocenters. The second kappa shape index (κ2) is 4.55. The number of aromatic nitrogens is 3. The molecule has 0 bridgehead atoms. The maximum atomic E-state index is 6.04. The van der Waals surface area contributed by atoms with Crippen molar-refractivity contribution in [1.29, 1.82) is 0 Å². The van der Waals surface area contributed by atoms with E-state index >= 15 is 0 Å². The largest absolute Gasteiger partial charge is 0.270 e. The van der Waals surface area contributed by atoms with Crippen molar-refractivity contribution in [3.05, 3.63) is 39.8 Å². The van der Waals surface area contributed by atoms with Crippen molar-refractivity contribution in [2.45, 2.75) is 19.8 Å². The molecule has 2 aromatic rings. The van der Waals surface area contributed by atoms with Crippen LogP contribution in [0.1, 0.15) is 25.6 Å². The molecule has 0 aliphatic carbocycles. The van der Waals surface area contributed by atoms with Gasteiger partial charge in [0.2, 0.25) is 5.28 Å². The van der Waals surface area contributed by atoms with Gasteiger partial charge in [0.15, 0.2) is 0 Å². The zero-order valence-electron chi connectivity index (χ0n) is 8.98. The zero-order chi connectivity index (χ0) is 11.7. The third-order valence-corrected chi connectivity index (χ3v) is 3.02. The maximum Gasteiger partial charge on any atom is 0.229 e. The lowest BCUT2D eigenvalue weighted by Crippen LogP contribution is -2.03. The lowest BCUT2D eigenvalue weighted by Gasteiger charge is -2.09. The van der Waals surface area contributed by atoms with Gasteiger partial charge in [0.25, 0.3) is 0 Å². The molecule has 0 atom stereocenters. The van der Waals surface area contributed by atoms with Gasteiger partial charge in [-0.3, -0.25) is 4.57 Å². The van der Waals surface area contributed by atoms with E-state index in [9.17, 15) is 0 Å². The number of halogens is 2. The average molecular weight is 301 g/mol. The zero-order valence-corrected chi connectivity index (χ0v) is 11.3. The number of hydrogen-bond donors (Lipinski definition) is 0. The van der Waals surface area contributed by atoms with E-state index in [0.717, 1.165) is 16.0 Å². The van der Waals surface area contributed by atoms with Crippen molar-refractivity contribution < 1.29 is 0 Å². The summed E-state index contributed by atoms with van der Waals surface area (Å²) >= 11 is 9.44. The fourth-order valence-electron chi connectivity index (χ4n) is 1.48. The molecule has 0 aliphatic rings. The molecular formula is C11H11BrClN3. The molecule has 0 spiro atoms. The van der Waals surface area contributed by atoms with E-state index in [4.69, 9.17) is 11.6 Å². The van der Waals surface area contributed by atoms with E-state index in [2.05, 4.69) is 40.0 Å². The summed E-state index contributed by atoms with van der Waals surface area (Å²) < 4.78 is 2.89. The van der Waals surface area contributed by atoms with Crippen LogP contribution in [0.25, 0.3) is 5.69 Å². The van der Waals surface area contributed by atoms with Gasteiger partial charge in [-0.05, 0) is 35.9 Å². The van der Waals surface area contributed by atoms with Gasteiger partial charge in [-0.15, -0.1) is 10.2 Å². The third-order valence-electron chi connectivity index (χ3n) is 2.25. The van der Waals surface area contributed by atoms with Gasteiger partial charge in [0, 0.05) is 16.1 Å². The van der Waals surface area contributed by atoms with Crippen LogP contribution in [0.4, 0.5) is 0 Å². The summed E-state index contributed by atoms with van der Waals surface area (Å²) in [5.74, 6) is 1.15. The Hall–Kier alpha value is -0.870. The van der Waals surface area contributed by atoms with Crippen LogP contribution in [-0.4, -0.2) is 14.8 Å². The van der Waals surface area contributed by atoms with Crippen molar-refractivity contribution in [2.75, 3.05) is 0 Å². The number of benzene rings is 1. The smallest absolute Gasteiger partial charge is 0.229 e. The van der Waals surface area contributed by atoms with Crippen LogP contribution in [-0.2, 0) is 0 Å². The molecule has 0 saturated carbocycles. The van der Waals surface area contributed by atoms with Gasteiger partial charge >= 0.3 is 0 Å². The third kappa shape index (κ3) is 2.13. The van der Waals surface area contributed by atoms with Gasteiger partial charge in [0.1, 0.15) is 5.82 Å². The van der Waals surface area contributed by atoms with Crippen molar-refractivity contribution in [3.8, 4) is 5.69 Å². The normalized spacial score (nSPS) is 11.1. The van der Waals surface area contributed by atoms with E-state index in [0.29, 0.717) is 5.28 Å². The minimum Gasteiger partial charge on any atom is -0.270 e. The lowest BCUT2D eigenvalue weighted by atomic mass is 10.2. The summed E-state index contributed by atoms with van der Waals surface area (Å²) in [7, 11) is 0. The highest BCUT2D eigenvalue weighted by Crippen LogP contribution is 2.23. The Morgan fingerprint density at radius 3 is 2.38 bits per heavy atom. The molecule has 1 aromatic carbocycles. The molecule has 5 heteroatoms. The Kier molecular flexibility index (Phi) is 3.30. The van der Waals surface area contributed by atoms with Crippen molar-refractivity contribution in [2.24, 2.45) is 0 Å². The van der Waals surface area contributed by atoms with Crippen LogP contribution in [0.3, 0.4) is 0 Å². The Bertz CT molecular complexity index is 490. The van der Waals surface area contributed by atoms with Gasteiger partial charge in [-0.1, -0.05) is 29.8 Å². The maximum absolute atomic E-state index is 6.04. The SMILES string of the molecule is CC(C)c1nnc(Cl)n1-c1ccc(Br)cc1. The lowest BCUT2D eigenvalue weighted by molar-refractivity contribution is 0.745. The molecule has 3 nitrogen and oxygen atoms in total. The molecule has 0 aliphatic heterocycles. The van der Waals surface area contributed by atoms with Crippen LogP contribution in [0.2, 0.25) is 5.28 Å². The average Bonchev–Trinajstić information content (AvgIpc) is 2.62. The molecule has 0 N–H and O–H groups in total. The van der Waals surface area contributed by atoms with Crippen molar-refractivity contribution in [3.63, 3.8) is 0 Å². The van der Waals surface area contributed by atoms with Gasteiger partial charge in [-0.25, -0.2) is 0 Å². The molecule has 0 radical (unpaired) electrons. The molecule has 1 heterocycles. The van der Waals surface area contributed by atoms with Crippen LogP contribution in [0.15, 0.2) is 28.7 Å². The minimum absolute atomic E-state index is 0.281. The standard InChI is InChI=1S/C11H11BrClN3/c1-7(2)10-14-15-11(13)16(10)9-5-3-8(12)4-6-9/h3-7H,1-2H3. The Morgan fingerprint density at radius 2 is 1.81 bits per heavy atom. The summed E-state index contributed by atoms with van der Waals surface area (Å²) in [6, 6.07) is 7.89. The first-order valence-electron chi connectivity index (χ1n) is 4.96. The highest BCUT2D eigenvalue weighted by molar-refractivity contribution is 9.10.